The van der Waals surface area contributed by atoms with Crippen molar-refractivity contribution in [1.82, 2.24) is 15.0 Å². The van der Waals surface area contributed by atoms with Gasteiger partial charge in [-0.3, -0.25) is 9.69 Å². The van der Waals surface area contributed by atoms with Crippen molar-refractivity contribution in [3.8, 4) is 0 Å². The van der Waals surface area contributed by atoms with Crippen molar-refractivity contribution in [1.29, 1.82) is 0 Å². The average molecular weight is 211 g/mol. The van der Waals surface area contributed by atoms with Crippen molar-refractivity contribution in [3.05, 3.63) is 12.2 Å². The Bertz CT molecular complexity index is 325. The molecular formula is C9H13N3O3. The number of hydrogen-bond acceptors (Lipinski definition) is 6. The third-order valence-corrected chi connectivity index (χ3v) is 2.63. The van der Waals surface area contributed by atoms with Gasteiger partial charge in [-0.05, 0) is 6.42 Å². The molecule has 0 amide bonds. The summed E-state index contributed by atoms with van der Waals surface area (Å²) in [4.78, 5) is 17.2. The van der Waals surface area contributed by atoms with Crippen LogP contribution >= 0.6 is 0 Å². The van der Waals surface area contributed by atoms with Gasteiger partial charge in [-0.15, -0.1) is 0 Å². The molecule has 0 radical (unpaired) electrons. The number of hydrogen-bond donors (Lipinski definition) is 0. The molecule has 0 spiro atoms. The lowest BCUT2D eigenvalue weighted by Gasteiger charge is -2.38. The van der Waals surface area contributed by atoms with Crippen LogP contribution in [0.4, 0.5) is 0 Å². The molecule has 6 nitrogen and oxygen atoms in total. The van der Waals surface area contributed by atoms with E-state index in [1.807, 2.05) is 0 Å². The minimum atomic E-state index is -0.158. The predicted molar refractivity (Wildman–Crippen MR) is 50.0 cm³/mol. The lowest BCUT2D eigenvalue weighted by atomic mass is 10.0. The van der Waals surface area contributed by atoms with Crippen molar-refractivity contribution in [2.24, 2.45) is 0 Å². The van der Waals surface area contributed by atoms with E-state index in [9.17, 15) is 4.79 Å². The lowest BCUT2D eigenvalue weighted by Crippen LogP contribution is -2.53. The van der Waals surface area contributed by atoms with Crippen LogP contribution in [0, 0.1) is 0 Å². The van der Waals surface area contributed by atoms with Gasteiger partial charge < -0.3 is 9.26 Å². The van der Waals surface area contributed by atoms with Gasteiger partial charge in [0.25, 0.3) is 0 Å². The summed E-state index contributed by atoms with van der Waals surface area (Å²) in [5.41, 5.74) is 0. The Labute approximate surface area is 87.2 Å². The number of aromatic nitrogens is 2. The molecular weight excluding hydrogens is 198 g/mol. The molecule has 0 N–H and O–H groups in total. The van der Waals surface area contributed by atoms with E-state index in [0.717, 1.165) is 19.5 Å². The molecule has 1 unspecified atom stereocenters. The molecule has 1 aliphatic heterocycles. The molecule has 0 aromatic carbocycles. The molecule has 0 bridgehead atoms. The second-order valence-corrected chi connectivity index (χ2v) is 3.46. The highest BCUT2D eigenvalue weighted by atomic mass is 16.5. The van der Waals surface area contributed by atoms with Crippen molar-refractivity contribution >= 4 is 5.97 Å². The zero-order valence-corrected chi connectivity index (χ0v) is 8.55. The quantitative estimate of drug-likeness (QED) is 0.646. The first-order chi connectivity index (χ1) is 7.31. The number of methoxy groups -OCH3 is 1. The van der Waals surface area contributed by atoms with E-state index in [1.54, 1.807) is 0 Å². The smallest absolute Gasteiger partial charge is 0.323 e. The Kier molecular flexibility index (Phi) is 2.96. The standard InChI is InChI=1S/C9H13N3O3/c1-14-9(13)7-2-4-12(7)5-3-8-10-6-15-11-8/h6-7H,2-5H2,1H3. The number of esters is 1. The van der Waals surface area contributed by atoms with Crippen molar-refractivity contribution in [2.45, 2.75) is 18.9 Å². The predicted octanol–water partition coefficient (Wildman–Crippen LogP) is -0.141. The maximum atomic E-state index is 11.3. The van der Waals surface area contributed by atoms with Gasteiger partial charge >= 0.3 is 5.97 Å². The molecule has 6 heteroatoms. The van der Waals surface area contributed by atoms with Crippen LogP contribution < -0.4 is 0 Å². The molecule has 15 heavy (non-hydrogen) atoms. The molecule has 2 rings (SSSR count). The minimum Gasteiger partial charge on any atom is -0.468 e. The van der Waals surface area contributed by atoms with Gasteiger partial charge in [-0.2, -0.15) is 4.98 Å². The van der Waals surface area contributed by atoms with Gasteiger partial charge in [-0.1, -0.05) is 5.16 Å². The van der Waals surface area contributed by atoms with Crippen molar-refractivity contribution < 1.29 is 14.1 Å². The van der Waals surface area contributed by atoms with Crippen LogP contribution in [0.2, 0.25) is 0 Å². The van der Waals surface area contributed by atoms with Crippen LogP contribution in [-0.2, 0) is 16.0 Å². The Morgan fingerprint density at radius 3 is 3.20 bits per heavy atom. The lowest BCUT2D eigenvalue weighted by molar-refractivity contribution is -0.151. The van der Waals surface area contributed by atoms with Gasteiger partial charge in [0.2, 0.25) is 6.39 Å². The van der Waals surface area contributed by atoms with E-state index in [4.69, 9.17) is 4.74 Å². The van der Waals surface area contributed by atoms with Gasteiger partial charge in [-0.25, -0.2) is 0 Å². The highest BCUT2D eigenvalue weighted by Crippen LogP contribution is 2.18. The molecule has 1 fully saturated rings. The zero-order valence-electron chi connectivity index (χ0n) is 8.55. The highest BCUT2D eigenvalue weighted by molar-refractivity contribution is 5.76. The Morgan fingerprint density at radius 1 is 1.80 bits per heavy atom. The van der Waals surface area contributed by atoms with E-state index in [1.165, 1.54) is 13.5 Å². The summed E-state index contributed by atoms with van der Waals surface area (Å²) in [5, 5.41) is 3.71. The van der Waals surface area contributed by atoms with E-state index < -0.39 is 0 Å². The molecule has 1 aliphatic rings. The van der Waals surface area contributed by atoms with Crippen LogP contribution in [-0.4, -0.2) is 47.3 Å². The molecule has 82 valence electrons. The third kappa shape index (κ3) is 2.15. The fourth-order valence-electron chi connectivity index (χ4n) is 1.66. The topological polar surface area (TPSA) is 68.5 Å². The normalized spacial score (nSPS) is 21.0. The van der Waals surface area contributed by atoms with Crippen LogP contribution in [0.5, 0.6) is 0 Å². The Balaban J connectivity index is 1.78. The zero-order chi connectivity index (χ0) is 10.7. The minimum absolute atomic E-state index is 0.0816. The van der Waals surface area contributed by atoms with Crippen LogP contribution in [0.25, 0.3) is 0 Å². The summed E-state index contributed by atoms with van der Waals surface area (Å²) in [5.74, 6) is 0.514. The number of likely N-dealkylation sites (tertiary alicyclic amines) is 1. The summed E-state index contributed by atoms with van der Waals surface area (Å²) < 4.78 is 9.31. The molecule has 2 heterocycles. The van der Waals surface area contributed by atoms with Gasteiger partial charge in [0, 0.05) is 19.5 Å². The monoisotopic (exact) mass is 211 g/mol. The Hall–Kier alpha value is -1.43. The second-order valence-electron chi connectivity index (χ2n) is 3.46. The van der Waals surface area contributed by atoms with E-state index in [0.29, 0.717) is 12.2 Å². The van der Waals surface area contributed by atoms with Gasteiger partial charge in [0.1, 0.15) is 6.04 Å². The average Bonchev–Trinajstić information content (AvgIpc) is 2.69. The van der Waals surface area contributed by atoms with Gasteiger partial charge in [0.15, 0.2) is 5.82 Å². The van der Waals surface area contributed by atoms with Crippen molar-refractivity contribution in [3.63, 3.8) is 0 Å². The fraction of sp³-hybridized carbons (Fsp3) is 0.667. The van der Waals surface area contributed by atoms with Crippen LogP contribution in [0.3, 0.4) is 0 Å². The summed E-state index contributed by atoms with van der Waals surface area (Å²) >= 11 is 0. The largest absolute Gasteiger partial charge is 0.468 e. The number of carbonyl (C=O) groups excluding carboxylic acids is 1. The third-order valence-electron chi connectivity index (χ3n) is 2.63. The fourth-order valence-corrected chi connectivity index (χ4v) is 1.66. The number of rotatable bonds is 4. The number of nitrogens with zero attached hydrogens (tertiary/aromatic N) is 3. The Morgan fingerprint density at radius 2 is 2.67 bits per heavy atom. The number of ether oxygens (including phenoxy) is 1. The molecule has 1 atom stereocenters. The van der Waals surface area contributed by atoms with Crippen molar-refractivity contribution in [2.75, 3.05) is 20.2 Å². The molecule has 1 aromatic heterocycles. The SMILES string of the molecule is COC(=O)C1CCN1CCc1ncon1. The molecule has 0 aliphatic carbocycles. The molecule has 1 aromatic rings. The van der Waals surface area contributed by atoms with Crippen LogP contribution in [0.1, 0.15) is 12.2 Å². The summed E-state index contributed by atoms with van der Waals surface area (Å²) in [6.07, 6.45) is 2.88. The first-order valence-corrected chi connectivity index (χ1v) is 4.88. The van der Waals surface area contributed by atoms with E-state index in [2.05, 4.69) is 19.6 Å². The second kappa shape index (κ2) is 4.39. The summed E-state index contributed by atoms with van der Waals surface area (Å²) in [6.45, 7) is 1.69. The van der Waals surface area contributed by atoms with E-state index >= 15 is 0 Å². The number of carbonyl (C=O) groups is 1. The summed E-state index contributed by atoms with van der Waals surface area (Å²) in [7, 11) is 1.41. The first kappa shape index (κ1) is 10.1. The van der Waals surface area contributed by atoms with Crippen LogP contribution in [0.15, 0.2) is 10.9 Å². The maximum absolute atomic E-state index is 11.3. The highest BCUT2D eigenvalue weighted by Gasteiger charge is 2.34. The van der Waals surface area contributed by atoms with E-state index in [-0.39, 0.29) is 12.0 Å². The maximum Gasteiger partial charge on any atom is 0.323 e. The van der Waals surface area contributed by atoms with Gasteiger partial charge in [0.05, 0.1) is 7.11 Å². The molecule has 1 saturated heterocycles. The molecule has 0 saturated carbocycles. The first-order valence-electron chi connectivity index (χ1n) is 4.88. The summed E-state index contributed by atoms with van der Waals surface area (Å²) in [6, 6.07) is -0.0816.